The number of benzene rings is 1. The predicted octanol–water partition coefficient (Wildman–Crippen LogP) is 2.52. The maximum atomic E-state index is 12.5. The highest BCUT2D eigenvalue weighted by Gasteiger charge is 2.31. The summed E-state index contributed by atoms with van der Waals surface area (Å²) < 4.78 is 5.34. The molecule has 2 amide bonds. The molecule has 23 heavy (non-hydrogen) atoms. The van der Waals surface area contributed by atoms with Gasteiger partial charge in [-0.2, -0.15) is 0 Å². The van der Waals surface area contributed by atoms with Crippen molar-refractivity contribution in [3.8, 4) is 0 Å². The Bertz CT molecular complexity index is 795. The summed E-state index contributed by atoms with van der Waals surface area (Å²) in [7, 11) is 1.63. The molecule has 3 N–H and O–H groups in total. The quantitative estimate of drug-likeness (QED) is 0.753. The van der Waals surface area contributed by atoms with Gasteiger partial charge in [-0.25, -0.2) is 0 Å². The van der Waals surface area contributed by atoms with Crippen LogP contribution in [0.25, 0.3) is 11.1 Å². The van der Waals surface area contributed by atoms with E-state index >= 15 is 0 Å². The van der Waals surface area contributed by atoms with Gasteiger partial charge in [0.15, 0.2) is 5.58 Å². The van der Waals surface area contributed by atoms with Gasteiger partial charge in [-0.1, -0.05) is 12.8 Å². The average molecular weight is 333 g/mol. The molecule has 1 aromatic heterocycles. The number of aromatic amines is 1. The molecule has 0 bridgehead atoms. The zero-order valence-corrected chi connectivity index (χ0v) is 13.7. The molecule has 6 nitrogen and oxygen atoms in total. The molecule has 2 atom stereocenters. The van der Waals surface area contributed by atoms with E-state index < -0.39 is 0 Å². The molecule has 0 saturated heterocycles. The number of hydrogen-bond donors (Lipinski definition) is 3. The zero-order valence-electron chi connectivity index (χ0n) is 12.8. The Kier molecular flexibility index (Phi) is 4.47. The van der Waals surface area contributed by atoms with E-state index in [1.54, 1.807) is 25.2 Å². The van der Waals surface area contributed by atoms with Crippen molar-refractivity contribution in [1.82, 2.24) is 15.6 Å². The highest BCUT2D eigenvalue weighted by Crippen LogP contribution is 2.25. The predicted molar refractivity (Wildman–Crippen MR) is 88.7 cm³/mol. The summed E-state index contributed by atoms with van der Waals surface area (Å²) in [4.78, 5) is 27.7. The van der Waals surface area contributed by atoms with Gasteiger partial charge >= 0.3 is 0 Å². The monoisotopic (exact) mass is 333 g/mol. The third-order valence-electron chi connectivity index (χ3n) is 4.35. The lowest BCUT2D eigenvalue weighted by Gasteiger charge is -2.30. The van der Waals surface area contributed by atoms with Crippen LogP contribution in [-0.4, -0.2) is 29.9 Å². The Labute approximate surface area is 138 Å². The third kappa shape index (κ3) is 3.29. The normalized spacial score (nSPS) is 21.1. The number of oxazole rings is 1. The van der Waals surface area contributed by atoms with Gasteiger partial charge in [-0.05, 0) is 43.3 Å². The molecule has 0 spiro atoms. The molecule has 0 radical (unpaired) electrons. The Balaban J connectivity index is 1.78. The minimum atomic E-state index is -0.199. The van der Waals surface area contributed by atoms with Crippen LogP contribution in [0.1, 0.15) is 36.0 Å². The first-order valence-corrected chi connectivity index (χ1v) is 8.14. The molecule has 2 aromatic rings. The summed E-state index contributed by atoms with van der Waals surface area (Å²) in [6, 6.07) is 5.01. The van der Waals surface area contributed by atoms with Crippen LogP contribution in [0.15, 0.2) is 22.6 Å². The van der Waals surface area contributed by atoms with Gasteiger partial charge in [0.2, 0.25) is 5.91 Å². The van der Waals surface area contributed by atoms with Crippen molar-refractivity contribution < 1.29 is 14.0 Å². The molecule has 1 aliphatic rings. The number of rotatable bonds is 3. The van der Waals surface area contributed by atoms with Gasteiger partial charge in [0, 0.05) is 18.7 Å². The fourth-order valence-corrected chi connectivity index (χ4v) is 3.34. The van der Waals surface area contributed by atoms with E-state index in [1.165, 1.54) is 0 Å². The Morgan fingerprint density at radius 1 is 1.30 bits per heavy atom. The first-order valence-electron chi connectivity index (χ1n) is 7.74. The van der Waals surface area contributed by atoms with Crippen molar-refractivity contribution in [2.75, 3.05) is 7.05 Å². The van der Waals surface area contributed by atoms with Crippen molar-refractivity contribution in [3.05, 3.63) is 28.6 Å². The Morgan fingerprint density at radius 3 is 2.87 bits per heavy atom. The summed E-state index contributed by atoms with van der Waals surface area (Å²) in [5, 5.41) is 5.68. The standard InChI is InChI=1S/C16H19N3O3S/c1-17-15(21)10-4-2-3-5-11(10)18-14(20)9-6-7-12-13(8-9)22-16(23)19-12/h6-8,10-11H,2-5H2,1H3,(H,17,21)(H,18,20)(H,19,23). The van der Waals surface area contributed by atoms with E-state index in [2.05, 4.69) is 15.6 Å². The van der Waals surface area contributed by atoms with Crippen LogP contribution in [0, 0.1) is 10.8 Å². The number of nitrogens with one attached hydrogen (secondary N) is 3. The SMILES string of the molecule is CNC(=O)C1CCCCC1NC(=O)c1ccc2[nH]c(=S)oc2c1. The lowest BCUT2D eigenvalue weighted by molar-refractivity contribution is -0.126. The zero-order chi connectivity index (χ0) is 16.4. The third-order valence-corrected chi connectivity index (χ3v) is 4.53. The van der Waals surface area contributed by atoms with Gasteiger partial charge in [-0.15, -0.1) is 0 Å². The second-order valence-corrected chi connectivity index (χ2v) is 6.18. The Hall–Kier alpha value is -2.15. The molecule has 1 heterocycles. The summed E-state index contributed by atoms with van der Waals surface area (Å²) in [6.07, 6.45) is 3.65. The van der Waals surface area contributed by atoms with E-state index in [9.17, 15) is 9.59 Å². The van der Waals surface area contributed by atoms with Crippen LogP contribution in [0.2, 0.25) is 0 Å². The van der Waals surface area contributed by atoms with Crippen molar-refractivity contribution in [1.29, 1.82) is 0 Å². The molecule has 7 heteroatoms. The van der Waals surface area contributed by atoms with Crippen LogP contribution in [-0.2, 0) is 4.79 Å². The number of aromatic nitrogens is 1. The molecule has 122 valence electrons. The van der Waals surface area contributed by atoms with Crippen LogP contribution in [0.4, 0.5) is 0 Å². The van der Waals surface area contributed by atoms with E-state index in [-0.39, 0.29) is 28.6 Å². The van der Waals surface area contributed by atoms with E-state index in [1.807, 2.05) is 0 Å². The fourth-order valence-electron chi connectivity index (χ4n) is 3.14. The highest BCUT2D eigenvalue weighted by molar-refractivity contribution is 7.71. The second kappa shape index (κ2) is 6.54. The van der Waals surface area contributed by atoms with Crippen LogP contribution < -0.4 is 10.6 Å². The van der Waals surface area contributed by atoms with Crippen LogP contribution in [0.3, 0.4) is 0 Å². The lowest BCUT2D eigenvalue weighted by atomic mass is 9.83. The van der Waals surface area contributed by atoms with Crippen LogP contribution >= 0.6 is 12.2 Å². The first-order chi connectivity index (χ1) is 11.1. The molecule has 3 rings (SSSR count). The summed E-state index contributed by atoms with van der Waals surface area (Å²) >= 11 is 4.94. The average Bonchev–Trinajstić information content (AvgIpc) is 2.93. The van der Waals surface area contributed by atoms with Gasteiger partial charge in [0.1, 0.15) is 0 Å². The van der Waals surface area contributed by atoms with Gasteiger partial charge in [0.05, 0.1) is 11.4 Å². The number of H-pyrrole nitrogens is 1. The van der Waals surface area contributed by atoms with E-state index in [4.69, 9.17) is 16.6 Å². The molecule has 2 unspecified atom stereocenters. The maximum absolute atomic E-state index is 12.5. The smallest absolute Gasteiger partial charge is 0.266 e. The summed E-state index contributed by atoms with van der Waals surface area (Å²) in [5.41, 5.74) is 1.80. The molecule has 1 aromatic carbocycles. The molecule has 1 saturated carbocycles. The molecular weight excluding hydrogens is 314 g/mol. The number of carbonyl (C=O) groups excluding carboxylic acids is 2. The minimum Gasteiger partial charge on any atom is -0.429 e. The number of carbonyl (C=O) groups is 2. The summed E-state index contributed by atoms with van der Waals surface area (Å²) in [6.45, 7) is 0. The van der Waals surface area contributed by atoms with E-state index in [0.717, 1.165) is 31.2 Å². The molecule has 1 aliphatic carbocycles. The minimum absolute atomic E-state index is 0.0122. The van der Waals surface area contributed by atoms with E-state index in [0.29, 0.717) is 11.1 Å². The largest absolute Gasteiger partial charge is 0.429 e. The molecule has 1 fully saturated rings. The fraction of sp³-hybridized carbons (Fsp3) is 0.438. The molecular formula is C16H19N3O3S. The lowest BCUT2D eigenvalue weighted by Crippen LogP contribution is -2.47. The maximum Gasteiger partial charge on any atom is 0.266 e. The van der Waals surface area contributed by atoms with Gasteiger partial charge in [0.25, 0.3) is 10.7 Å². The first kappa shape index (κ1) is 15.7. The number of hydrogen-bond acceptors (Lipinski definition) is 4. The van der Waals surface area contributed by atoms with Crippen molar-refractivity contribution in [3.63, 3.8) is 0 Å². The van der Waals surface area contributed by atoms with Gasteiger partial charge < -0.3 is 20.0 Å². The van der Waals surface area contributed by atoms with Crippen molar-refractivity contribution >= 4 is 35.1 Å². The number of fused-ring (bicyclic) bond motifs is 1. The van der Waals surface area contributed by atoms with Crippen molar-refractivity contribution in [2.24, 2.45) is 5.92 Å². The highest BCUT2D eigenvalue weighted by atomic mass is 32.1. The van der Waals surface area contributed by atoms with Crippen molar-refractivity contribution in [2.45, 2.75) is 31.7 Å². The second-order valence-electron chi connectivity index (χ2n) is 5.81. The van der Waals surface area contributed by atoms with Crippen LogP contribution in [0.5, 0.6) is 0 Å². The number of amides is 2. The molecule has 0 aliphatic heterocycles. The summed E-state index contributed by atoms with van der Waals surface area (Å²) in [5.74, 6) is -0.380. The Morgan fingerprint density at radius 2 is 2.09 bits per heavy atom. The van der Waals surface area contributed by atoms with Gasteiger partial charge in [-0.3, -0.25) is 9.59 Å². The topological polar surface area (TPSA) is 87.1 Å².